The van der Waals surface area contributed by atoms with Crippen LogP contribution >= 0.6 is 15.9 Å². The van der Waals surface area contributed by atoms with Crippen molar-refractivity contribution >= 4 is 27.1 Å². The molecule has 0 saturated carbocycles. The summed E-state index contributed by atoms with van der Waals surface area (Å²) in [6.07, 6.45) is 1.59. The third kappa shape index (κ3) is 7.56. The molecular formula is C22H27BrO4. The molecular weight excluding hydrogens is 408 g/mol. The Morgan fingerprint density at radius 2 is 1.19 bits per heavy atom. The molecule has 0 amide bonds. The summed E-state index contributed by atoms with van der Waals surface area (Å²) in [4.78, 5) is 0. The lowest BCUT2D eigenvalue weighted by atomic mass is 9.91. The van der Waals surface area contributed by atoms with E-state index < -0.39 is 0 Å². The van der Waals surface area contributed by atoms with Gasteiger partial charge < -0.3 is 18.9 Å². The lowest BCUT2D eigenvalue weighted by Crippen LogP contribution is -2.04. The first kappa shape index (κ1) is 21.8. The highest BCUT2D eigenvalue weighted by Crippen LogP contribution is 2.32. The highest BCUT2D eigenvalue weighted by Gasteiger charge is 2.12. The van der Waals surface area contributed by atoms with Gasteiger partial charge in [-0.25, -0.2) is 0 Å². The first-order valence-corrected chi connectivity index (χ1v) is 9.72. The number of benzene rings is 2. The van der Waals surface area contributed by atoms with Crippen LogP contribution in [0.5, 0.6) is 0 Å². The summed E-state index contributed by atoms with van der Waals surface area (Å²) < 4.78 is 22.2. The summed E-state index contributed by atoms with van der Waals surface area (Å²) in [5.41, 5.74) is 4.90. The molecule has 0 aliphatic rings. The van der Waals surface area contributed by atoms with E-state index in [0.29, 0.717) is 26.8 Å². The molecule has 5 heteroatoms. The minimum atomic E-state index is 0.297. The smallest absolute Gasteiger partial charge is 0.146 e. The first-order chi connectivity index (χ1) is 13.3. The second-order valence-corrected chi connectivity index (χ2v) is 6.88. The average Bonchev–Trinajstić information content (AvgIpc) is 2.70. The molecule has 146 valence electrons. The zero-order valence-corrected chi connectivity index (χ0v) is 17.5. The number of rotatable bonds is 12. The van der Waals surface area contributed by atoms with Gasteiger partial charge in [0.2, 0.25) is 0 Å². The van der Waals surface area contributed by atoms with E-state index in [1.165, 1.54) is 22.3 Å². The predicted molar refractivity (Wildman–Crippen MR) is 112 cm³/mol. The van der Waals surface area contributed by atoms with Gasteiger partial charge in [0.05, 0.1) is 13.2 Å². The van der Waals surface area contributed by atoms with Crippen LogP contribution < -0.4 is 0 Å². The first-order valence-electron chi connectivity index (χ1n) is 8.93. The van der Waals surface area contributed by atoms with E-state index in [0.717, 1.165) is 17.3 Å². The van der Waals surface area contributed by atoms with Gasteiger partial charge in [-0.15, -0.1) is 0 Å². The largest absolute Gasteiger partial charge is 0.359 e. The summed E-state index contributed by atoms with van der Waals surface area (Å²) in [6.45, 7) is 1.78. The van der Waals surface area contributed by atoms with Gasteiger partial charge in [-0.05, 0) is 47.2 Å². The van der Waals surface area contributed by atoms with E-state index in [-0.39, 0.29) is 0 Å². The predicted octanol–water partition coefficient (Wildman–Crippen LogP) is 5.38. The second kappa shape index (κ2) is 12.8. The SMILES string of the molecule is COCOCCC(=C(CCOCOC)c1ccc(Br)cc1)c1ccccc1. The van der Waals surface area contributed by atoms with Gasteiger partial charge in [-0.3, -0.25) is 0 Å². The van der Waals surface area contributed by atoms with E-state index in [1.807, 2.05) is 6.07 Å². The van der Waals surface area contributed by atoms with Crippen LogP contribution in [0.4, 0.5) is 0 Å². The average molecular weight is 435 g/mol. The molecule has 27 heavy (non-hydrogen) atoms. The number of hydrogen-bond acceptors (Lipinski definition) is 4. The Hall–Kier alpha value is -1.50. The van der Waals surface area contributed by atoms with Crippen LogP contribution in [-0.2, 0) is 18.9 Å². The fourth-order valence-corrected chi connectivity index (χ4v) is 3.13. The Morgan fingerprint density at radius 3 is 1.67 bits per heavy atom. The highest BCUT2D eigenvalue weighted by atomic mass is 79.9. The van der Waals surface area contributed by atoms with Crippen molar-refractivity contribution in [3.63, 3.8) is 0 Å². The maximum absolute atomic E-state index is 5.57. The standard InChI is InChI=1S/C22H27BrO4/c1-24-16-26-14-12-21(18-6-4-3-5-7-18)22(13-15-27-17-25-2)19-8-10-20(23)11-9-19/h3-11H,12-17H2,1-2H3. The summed E-state index contributed by atoms with van der Waals surface area (Å²) in [7, 11) is 3.27. The fourth-order valence-electron chi connectivity index (χ4n) is 2.86. The van der Waals surface area contributed by atoms with E-state index in [2.05, 4.69) is 64.5 Å². The molecule has 0 unspecified atom stereocenters. The van der Waals surface area contributed by atoms with E-state index in [9.17, 15) is 0 Å². The van der Waals surface area contributed by atoms with E-state index in [1.54, 1.807) is 14.2 Å². The van der Waals surface area contributed by atoms with Crippen molar-refractivity contribution in [3.8, 4) is 0 Å². The maximum atomic E-state index is 5.57. The van der Waals surface area contributed by atoms with Gasteiger partial charge in [0.1, 0.15) is 13.6 Å². The van der Waals surface area contributed by atoms with Crippen molar-refractivity contribution in [1.82, 2.24) is 0 Å². The lowest BCUT2D eigenvalue weighted by Gasteiger charge is -2.17. The molecule has 2 aromatic rings. The van der Waals surface area contributed by atoms with Crippen molar-refractivity contribution in [2.45, 2.75) is 12.8 Å². The topological polar surface area (TPSA) is 36.9 Å². The third-order valence-electron chi connectivity index (χ3n) is 4.07. The molecule has 4 nitrogen and oxygen atoms in total. The van der Waals surface area contributed by atoms with Gasteiger partial charge in [-0.2, -0.15) is 0 Å². The fraction of sp³-hybridized carbons (Fsp3) is 0.364. The number of hydrogen-bond donors (Lipinski definition) is 0. The molecule has 2 rings (SSSR count). The Bertz CT molecular complexity index is 683. The van der Waals surface area contributed by atoms with Crippen molar-refractivity contribution in [2.75, 3.05) is 41.0 Å². The third-order valence-corrected chi connectivity index (χ3v) is 4.60. The summed E-state index contributed by atoms with van der Waals surface area (Å²) >= 11 is 3.52. The van der Waals surface area contributed by atoms with Crippen molar-refractivity contribution < 1.29 is 18.9 Å². The molecule has 0 radical (unpaired) electrons. The van der Waals surface area contributed by atoms with Gasteiger partial charge >= 0.3 is 0 Å². The number of halogens is 1. The zero-order valence-electron chi connectivity index (χ0n) is 15.9. The van der Waals surface area contributed by atoms with E-state index in [4.69, 9.17) is 18.9 Å². The molecule has 0 bridgehead atoms. The normalized spacial score (nSPS) is 12.1. The Morgan fingerprint density at radius 1 is 0.704 bits per heavy atom. The molecule has 0 aliphatic carbocycles. The van der Waals surface area contributed by atoms with Crippen LogP contribution in [0.2, 0.25) is 0 Å². The molecule has 0 N–H and O–H groups in total. The Kier molecular flexibility index (Phi) is 10.3. The van der Waals surface area contributed by atoms with Crippen molar-refractivity contribution in [3.05, 3.63) is 70.2 Å². The van der Waals surface area contributed by atoms with Crippen molar-refractivity contribution in [2.24, 2.45) is 0 Å². The van der Waals surface area contributed by atoms with Gasteiger partial charge in [0.25, 0.3) is 0 Å². The van der Waals surface area contributed by atoms with Crippen LogP contribution in [0.3, 0.4) is 0 Å². The Balaban J connectivity index is 2.36. The summed E-state index contributed by atoms with van der Waals surface area (Å²) in [5.74, 6) is 0. The molecule has 2 aromatic carbocycles. The number of methoxy groups -OCH3 is 2. The van der Waals surface area contributed by atoms with Crippen LogP contribution in [-0.4, -0.2) is 41.0 Å². The highest BCUT2D eigenvalue weighted by molar-refractivity contribution is 9.10. The van der Waals surface area contributed by atoms with Gasteiger partial charge in [0.15, 0.2) is 0 Å². The minimum Gasteiger partial charge on any atom is -0.359 e. The van der Waals surface area contributed by atoms with E-state index >= 15 is 0 Å². The van der Waals surface area contributed by atoms with Crippen molar-refractivity contribution in [1.29, 1.82) is 0 Å². The molecule has 0 fully saturated rings. The molecule has 0 heterocycles. The van der Waals surface area contributed by atoms with Gasteiger partial charge in [-0.1, -0.05) is 58.4 Å². The molecule has 0 saturated heterocycles. The minimum absolute atomic E-state index is 0.297. The molecule has 0 spiro atoms. The maximum Gasteiger partial charge on any atom is 0.146 e. The van der Waals surface area contributed by atoms with Crippen LogP contribution in [0.15, 0.2) is 59.1 Å². The Labute approximate surface area is 170 Å². The van der Waals surface area contributed by atoms with Crippen LogP contribution in [0, 0.1) is 0 Å². The monoisotopic (exact) mass is 434 g/mol. The summed E-state index contributed by atoms with van der Waals surface area (Å²) in [6, 6.07) is 18.8. The molecule has 0 aliphatic heterocycles. The molecule has 0 aromatic heterocycles. The zero-order chi connectivity index (χ0) is 19.3. The lowest BCUT2D eigenvalue weighted by molar-refractivity contribution is -0.0288. The quantitative estimate of drug-likeness (QED) is 0.255. The van der Waals surface area contributed by atoms with Crippen LogP contribution in [0.1, 0.15) is 24.0 Å². The molecule has 0 atom stereocenters. The van der Waals surface area contributed by atoms with Gasteiger partial charge in [0, 0.05) is 18.7 Å². The number of ether oxygens (including phenoxy) is 4. The summed E-state index contributed by atoms with van der Waals surface area (Å²) in [5, 5.41) is 0. The second-order valence-electron chi connectivity index (χ2n) is 5.96. The van der Waals surface area contributed by atoms with Crippen LogP contribution in [0.25, 0.3) is 11.1 Å².